The Labute approximate surface area is 182 Å². The highest BCUT2D eigenvalue weighted by atomic mass is 35.5. The van der Waals surface area contributed by atoms with Gasteiger partial charge in [0.15, 0.2) is 0 Å². The highest BCUT2D eigenvalue weighted by molar-refractivity contribution is 6.31. The van der Waals surface area contributed by atoms with Crippen molar-refractivity contribution in [1.82, 2.24) is 9.80 Å². The van der Waals surface area contributed by atoms with E-state index in [-0.39, 0.29) is 30.8 Å². The van der Waals surface area contributed by atoms with Crippen LogP contribution >= 0.6 is 11.6 Å². The molecule has 6 nitrogen and oxygen atoms in total. The summed E-state index contributed by atoms with van der Waals surface area (Å²) in [6.45, 7) is 3.12. The van der Waals surface area contributed by atoms with E-state index in [4.69, 9.17) is 16.3 Å². The van der Waals surface area contributed by atoms with Crippen LogP contribution in [-0.2, 0) is 16.1 Å². The third-order valence-electron chi connectivity index (χ3n) is 4.60. The smallest absolute Gasteiger partial charge is 0.255 e. The molecule has 0 saturated carbocycles. The fraction of sp³-hybridized carbons (Fsp3) is 0.333. The van der Waals surface area contributed by atoms with Gasteiger partial charge in [-0.15, -0.1) is 0 Å². The summed E-state index contributed by atoms with van der Waals surface area (Å²) in [5.74, 6) is -0.135. The number of morpholine rings is 1. The molecule has 0 spiro atoms. The number of nitrogens with zero attached hydrogens (tertiary/aromatic N) is 2. The summed E-state index contributed by atoms with van der Waals surface area (Å²) in [4.78, 5) is 28.7. The van der Waals surface area contributed by atoms with E-state index in [0.29, 0.717) is 49.1 Å². The molecule has 1 N–H and O–H groups in total. The Bertz CT molecular complexity index is 827. The molecule has 0 atom stereocenters. The maximum absolute atomic E-state index is 12.5. The van der Waals surface area contributed by atoms with Crippen LogP contribution in [0.4, 0.5) is 5.69 Å². The van der Waals surface area contributed by atoms with Crippen LogP contribution in [0.1, 0.15) is 15.9 Å². The van der Waals surface area contributed by atoms with Gasteiger partial charge in [-0.25, -0.2) is 0 Å². The molecule has 0 radical (unpaired) electrons. The highest BCUT2D eigenvalue weighted by Crippen LogP contribution is 2.26. The van der Waals surface area contributed by atoms with E-state index >= 15 is 0 Å². The molecule has 3 rings (SSSR count). The molecule has 2 aromatic carbocycles. The SMILES string of the molecule is CN(CC(=O)N1CCOCC1)Cc1c(Cl)cccc1NC(=O)c1ccccc1.[Cl-]. The maximum Gasteiger partial charge on any atom is 0.255 e. The number of carbonyl (C=O) groups is 2. The fourth-order valence-electron chi connectivity index (χ4n) is 3.09. The second kappa shape index (κ2) is 11.2. The maximum atomic E-state index is 12.5. The van der Waals surface area contributed by atoms with Gasteiger partial charge in [0.25, 0.3) is 5.91 Å². The third kappa shape index (κ3) is 6.44. The van der Waals surface area contributed by atoms with Gasteiger partial charge in [-0.1, -0.05) is 35.9 Å². The molecule has 0 unspecified atom stereocenters. The standard InChI is InChI=1S/C21H24ClN3O3.ClH/c1-24(15-20(26)25-10-12-28-13-11-25)14-17-18(22)8-5-9-19(17)23-21(27)16-6-3-2-4-7-16;/h2-9H,10-15H2,1H3,(H,23,27);1H/p-1. The zero-order valence-corrected chi connectivity index (χ0v) is 17.7. The normalized spacial score (nSPS) is 13.7. The first kappa shape index (κ1) is 23.2. The second-order valence-electron chi connectivity index (χ2n) is 6.75. The monoisotopic (exact) mass is 436 g/mol. The van der Waals surface area contributed by atoms with Gasteiger partial charge in [-0.3, -0.25) is 14.5 Å². The number of hydrogen-bond donors (Lipinski definition) is 1. The lowest BCUT2D eigenvalue weighted by Gasteiger charge is -2.29. The zero-order chi connectivity index (χ0) is 19.9. The Morgan fingerprint density at radius 3 is 2.48 bits per heavy atom. The van der Waals surface area contributed by atoms with E-state index in [2.05, 4.69) is 5.32 Å². The Morgan fingerprint density at radius 1 is 1.10 bits per heavy atom. The molecule has 0 bridgehead atoms. The van der Waals surface area contributed by atoms with E-state index in [0.717, 1.165) is 5.56 Å². The van der Waals surface area contributed by atoms with Crippen LogP contribution in [0, 0.1) is 0 Å². The lowest BCUT2D eigenvalue weighted by atomic mass is 10.1. The molecule has 0 aliphatic carbocycles. The van der Waals surface area contributed by atoms with Gasteiger partial charge < -0.3 is 27.4 Å². The van der Waals surface area contributed by atoms with Crippen LogP contribution in [0.2, 0.25) is 5.02 Å². The van der Waals surface area contributed by atoms with Crippen molar-refractivity contribution in [2.45, 2.75) is 6.54 Å². The molecule has 2 amide bonds. The summed E-state index contributed by atoms with van der Waals surface area (Å²) in [6, 6.07) is 14.4. The molecule has 1 saturated heterocycles. The number of anilines is 1. The van der Waals surface area contributed by atoms with Crippen molar-refractivity contribution in [3.05, 3.63) is 64.7 Å². The Kier molecular flexibility index (Phi) is 8.92. The number of carbonyl (C=O) groups excluding carboxylic acids is 2. The van der Waals surface area contributed by atoms with Crippen LogP contribution < -0.4 is 17.7 Å². The minimum atomic E-state index is -0.198. The third-order valence-corrected chi connectivity index (χ3v) is 4.95. The summed E-state index contributed by atoms with van der Waals surface area (Å²) in [5, 5.41) is 3.48. The van der Waals surface area contributed by atoms with Crippen LogP contribution in [0.25, 0.3) is 0 Å². The average molecular weight is 437 g/mol. The number of halogens is 2. The van der Waals surface area contributed by atoms with Gasteiger partial charge in [0.1, 0.15) is 0 Å². The van der Waals surface area contributed by atoms with Crippen LogP contribution in [-0.4, -0.2) is 61.5 Å². The first-order chi connectivity index (χ1) is 13.5. The number of nitrogens with one attached hydrogen (secondary N) is 1. The Balaban J connectivity index is 0.00000300. The molecule has 1 aliphatic rings. The minimum Gasteiger partial charge on any atom is -1.00 e. The van der Waals surface area contributed by atoms with E-state index in [1.807, 2.05) is 41.1 Å². The van der Waals surface area contributed by atoms with E-state index in [1.54, 1.807) is 24.3 Å². The molecule has 0 aromatic heterocycles. The molecule has 1 fully saturated rings. The largest absolute Gasteiger partial charge is 1.00 e. The number of rotatable bonds is 6. The predicted octanol–water partition coefficient (Wildman–Crippen LogP) is -0.113. The number of ether oxygens (including phenoxy) is 1. The Hall–Kier alpha value is -2.12. The van der Waals surface area contributed by atoms with Crippen molar-refractivity contribution >= 4 is 29.1 Å². The van der Waals surface area contributed by atoms with E-state index in [9.17, 15) is 9.59 Å². The fourth-order valence-corrected chi connectivity index (χ4v) is 3.32. The molecular formula is C21H24Cl2N3O3-. The van der Waals surface area contributed by atoms with Gasteiger partial charge in [0.05, 0.1) is 19.8 Å². The van der Waals surface area contributed by atoms with Gasteiger partial charge in [-0.2, -0.15) is 0 Å². The summed E-state index contributed by atoms with van der Waals surface area (Å²) in [7, 11) is 1.87. The summed E-state index contributed by atoms with van der Waals surface area (Å²) >= 11 is 6.40. The van der Waals surface area contributed by atoms with Gasteiger partial charge in [0, 0.05) is 41.5 Å². The van der Waals surface area contributed by atoms with Gasteiger partial charge in [0.2, 0.25) is 5.91 Å². The number of benzene rings is 2. The number of hydrogen-bond acceptors (Lipinski definition) is 4. The lowest BCUT2D eigenvalue weighted by Crippen LogP contribution is -3.00. The molecule has 2 aromatic rings. The molecule has 29 heavy (non-hydrogen) atoms. The van der Waals surface area contributed by atoms with E-state index in [1.165, 1.54) is 0 Å². The number of likely N-dealkylation sites (N-methyl/N-ethyl adjacent to an activating group) is 1. The molecule has 1 aliphatic heterocycles. The van der Waals surface area contributed by atoms with Gasteiger partial charge >= 0.3 is 0 Å². The topological polar surface area (TPSA) is 61.9 Å². The Morgan fingerprint density at radius 2 is 1.79 bits per heavy atom. The van der Waals surface area contributed by atoms with Crippen molar-refractivity contribution in [3.8, 4) is 0 Å². The second-order valence-corrected chi connectivity index (χ2v) is 7.16. The number of amides is 2. The summed E-state index contributed by atoms with van der Waals surface area (Å²) in [5.41, 5.74) is 2.00. The lowest BCUT2D eigenvalue weighted by molar-refractivity contribution is -0.136. The molecule has 1 heterocycles. The van der Waals surface area contributed by atoms with Gasteiger partial charge in [-0.05, 0) is 31.3 Å². The van der Waals surface area contributed by atoms with Crippen LogP contribution in [0.3, 0.4) is 0 Å². The highest BCUT2D eigenvalue weighted by Gasteiger charge is 2.20. The van der Waals surface area contributed by atoms with E-state index < -0.39 is 0 Å². The summed E-state index contributed by atoms with van der Waals surface area (Å²) < 4.78 is 5.29. The average Bonchev–Trinajstić information content (AvgIpc) is 2.72. The van der Waals surface area contributed by atoms with Crippen LogP contribution in [0.5, 0.6) is 0 Å². The zero-order valence-electron chi connectivity index (χ0n) is 16.2. The van der Waals surface area contributed by atoms with Crippen molar-refractivity contribution in [2.24, 2.45) is 0 Å². The van der Waals surface area contributed by atoms with Crippen molar-refractivity contribution in [3.63, 3.8) is 0 Å². The van der Waals surface area contributed by atoms with Crippen LogP contribution in [0.15, 0.2) is 48.5 Å². The quantitative estimate of drug-likeness (QED) is 0.685. The first-order valence-electron chi connectivity index (χ1n) is 9.22. The first-order valence-corrected chi connectivity index (χ1v) is 9.60. The molecule has 156 valence electrons. The summed E-state index contributed by atoms with van der Waals surface area (Å²) in [6.07, 6.45) is 0. The molecule has 8 heteroatoms. The van der Waals surface area contributed by atoms with Crippen molar-refractivity contribution < 1.29 is 26.7 Å². The molecular weight excluding hydrogens is 413 g/mol. The predicted molar refractivity (Wildman–Crippen MR) is 110 cm³/mol. The van der Waals surface area contributed by atoms with Crippen molar-refractivity contribution in [1.29, 1.82) is 0 Å². The minimum absolute atomic E-state index is 0. The van der Waals surface area contributed by atoms with Crippen molar-refractivity contribution in [2.75, 3.05) is 45.2 Å².